The van der Waals surface area contributed by atoms with Gasteiger partial charge in [0.2, 0.25) is 0 Å². The monoisotopic (exact) mass is 141 g/mol. The van der Waals surface area contributed by atoms with Crippen molar-refractivity contribution in [1.29, 1.82) is 0 Å². The molecule has 1 heteroatoms. The first-order valence-corrected chi connectivity index (χ1v) is 4.32. The standard InChI is InChI=1S/C9H19N/c1-5-8-6-9(3,4)7(2)10-8/h7-8,10H,5-6H2,1-4H3. The third-order valence-corrected chi connectivity index (χ3v) is 2.92. The molecule has 0 radical (unpaired) electrons. The number of nitrogens with one attached hydrogen (secondary N) is 1. The van der Waals surface area contributed by atoms with Gasteiger partial charge in [-0.1, -0.05) is 20.8 Å². The summed E-state index contributed by atoms with van der Waals surface area (Å²) in [6.45, 7) is 9.24. The Kier molecular flexibility index (Phi) is 2.04. The Hall–Kier alpha value is -0.0400. The molecule has 1 heterocycles. The summed E-state index contributed by atoms with van der Waals surface area (Å²) in [7, 11) is 0. The van der Waals surface area contributed by atoms with E-state index in [1.165, 1.54) is 12.8 Å². The molecule has 0 aromatic heterocycles. The Morgan fingerprint density at radius 1 is 1.50 bits per heavy atom. The van der Waals surface area contributed by atoms with Gasteiger partial charge in [0.05, 0.1) is 0 Å². The molecule has 0 aromatic rings. The largest absolute Gasteiger partial charge is 0.311 e. The van der Waals surface area contributed by atoms with Crippen LogP contribution in [0.5, 0.6) is 0 Å². The van der Waals surface area contributed by atoms with Gasteiger partial charge in [-0.15, -0.1) is 0 Å². The van der Waals surface area contributed by atoms with E-state index in [4.69, 9.17) is 0 Å². The SMILES string of the molecule is CCC1CC(C)(C)C(C)N1. The van der Waals surface area contributed by atoms with E-state index in [-0.39, 0.29) is 0 Å². The van der Waals surface area contributed by atoms with Crippen LogP contribution in [-0.2, 0) is 0 Å². The average Bonchev–Trinajstić information content (AvgIpc) is 2.08. The van der Waals surface area contributed by atoms with Gasteiger partial charge in [0.25, 0.3) is 0 Å². The lowest BCUT2D eigenvalue weighted by Crippen LogP contribution is -2.31. The summed E-state index contributed by atoms with van der Waals surface area (Å²) in [5.41, 5.74) is 0.515. The highest BCUT2D eigenvalue weighted by molar-refractivity contribution is 4.93. The maximum Gasteiger partial charge on any atom is 0.00930 e. The molecule has 0 amide bonds. The van der Waals surface area contributed by atoms with Gasteiger partial charge in [-0.05, 0) is 25.2 Å². The molecular formula is C9H19N. The minimum Gasteiger partial charge on any atom is -0.311 e. The van der Waals surface area contributed by atoms with E-state index in [0.29, 0.717) is 11.5 Å². The van der Waals surface area contributed by atoms with Gasteiger partial charge >= 0.3 is 0 Å². The first-order valence-electron chi connectivity index (χ1n) is 4.32. The van der Waals surface area contributed by atoms with Crippen molar-refractivity contribution >= 4 is 0 Å². The Morgan fingerprint density at radius 2 is 2.10 bits per heavy atom. The van der Waals surface area contributed by atoms with Crippen molar-refractivity contribution < 1.29 is 0 Å². The average molecular weight is 141 g/mol. The molecular weight excluding hydrogens is 122 g/mol. The fourth-order valence-electron chi connectivity index (χ4n) is 1.71. The van der Waals surface area contributed by atoms with Crippen LogP contribution in [0.2, 0.25) is 0 Å². The quantitative estimate of drug-likeness (QED) is 0.590. The Bertz CT molecular complexity index is 118. The smallest absolute Gasteiger partial charge is 0.00930 e. The van der Waals surface area contributed by atoms with E-state index in [0.717, 1.165) is 6.04 Å². The summed E-state index contributed by atoms with van der Waals surface area (Å²) in [5, 5.41) is 3.59. The van der Waals surface area contributed by atoms with Crippen LogP contribution in [0, 0.1) is 5.41 Å². The van der Waals surface area contributed by atoms with Crippen LogP contribution in [0.1, 0.15) is 40.5 Å². The highest BCUT2D eigenvalue weighted by Gasteiger charge is 2.35. The van der Waals surface area contributed by atoms with Crippen molar-refractivity contribution in [3.63, 3.8) is 0 Å². The lowest BCUT2D eigenvalue weighted by Gasteiger charge is -2.21. The zero-order valence-corrected chi connectivity index (χ0v) is 7.57. The van der Waals surface area contributed by atoms with E-state index >= 15 is 0 Å². The van der Waals surface area contributed by atoms with E-state index < -0.39 is 0 Å². The van der Waals surface area contributed by atoms with E-state index in [1.54, 1.807) is 0 Å². The first-order chi connectivity index (χ1) is 4.56. The molecule has 1 aliphatic rings. The molecule has 1 rings (SSSR count). The Labute approximate surface area is 64.2 Å². The van der Waals surface area contributed by atoms with Crippen molar-refractivity contribution in [2.45, 2.75) is 52.6 Å². The molecule has 1 aliphatic heterocycles. The second kappa shape index (κ2) is 2.54. The van der Waals surface area contributed by atoms with Crippen LogP contribution in [0.4, 0.5) is 0 Å². The maximum absolute atomic E-state index is 3.59. The predicted molar refractivity (Wildman–Crippen MR) is 45.1 cm³/mol. The van der Waals surface area contributed by atoms with Crippen molar-refractivity contribution in [3.8, 4) is 0 Å². The zero-order valence-electron chi connectivity index (χ0n) is 7.57. The topological polar surface area (TPSA) is 12.0 Å². The highest BCUT2D eigenvalue weighted by atomic mass is 15.0. The molecule has 1 nitrogen and oxygen atoms in total. The normalized spacial score (nSPS) is 38.4. The van der Waals surface area contributed by atoms with Crippen molar-refractivity contribution in [3.05, 3.63) is 0 Å². The molecule has 60 valence electrons. The summed E-state index contributed by atoms with van der Waals surface area (Å²) in [5.74, 6) is 0. The Balaban J connectivity index is 2.53. The Morgan fingerprint density at radius 3 is 2.30 bits per heavy atom. The zero-order chi connectivity index (χ0) is 7.78. The van der Waals surface area contributed by atoms with Gasteiger partial charge in [-0.25, -0.2) is 0 Å². The summed E-state index contributed by atoms with van der Waals surface area (Å²) in [4.78, 5) is 0. The fraction of sp³-hybridized carbons (Fsp3) is 1.00. The second-order valence-corrected chi connectivity index (χ2v) is 4.19. The predicted octanol–water partition coefficient (Wildman–Crippen LogP) is 2.17. The van der Waals surface area contributed by atoms with Crippen LogP contribution in [-0.4, -0.2) is 12.1 Å². The number of hydrogen-bond donors (Lipinski definition) is 1. The van der Waals surface area contributed by atoms with Gasteiger partial charge in [0.15, 0.2) is 0 Å². The van der Waals surface area contributed by atoms with Gasteiger partial charge < -0.3 is 5.32 Å². The van der Waals surface area contributed by atoms with Gasteiger partial charge in [0.1, 0.15) is 0 Å². The fourth-order valence-corrected chi connectivity index (χ4v) is 1.71. The molecule has 1 saturated heterocycles. The molecule has 0 bridgehead atoms. The second-order valence-electron chi connectivity index (χ2n) is 4.19. The summed E-state index contributed by atoms with van der Waals surface area (Å²) in [6, 6.07) is 1.46. The number of rotatable bonds is 1. The lowest BCUT2D eigenvalue weighted by molar-refractivity contribution is 0.331. The summed E-state index contributed by atoms with van der Waals surface area (Å²) >= 11 is 0. The lowest BCUT2D eigenvalue weighted by atomic mass is 9.84. The summed E-state index contributed by atoms with van der Waals surface area (Å²) < 4.78 is 0. The van der Waals surface area contributed by atoms with Crippen molar-refractivity contribution in [1.82, 2.24) is 5.32 Å². The molecule has 2 atom stereocenters. The molecule has 10 heavy (non-hydrogen) atoms. The van der Waals surface area contributed by atoms with Gasteiger partial charge in [0, 0.05) is 12.1 Å². The molecule has 1 fully saturated rings. The third kappa shape index (κ3) is 1.34. The minimum absolute atomic E-state index is 0.515. The van der Waals surface area contributed by atoms with Crippen LogP contribution >= 0.6 is 0 Å². The molecule has 0 aliphatic carbocycles. The highest BCUT2D eigenvalue weighted by Crippen LogP contribution is 2.33. The minimum atomic E-state index is 0.515. The molecule has 2 unspecified atom stereocenters. The van der Waals surface area contributed by atoms with Crippen molar-refractivity contribution in [2.75, 3.05) is 0 Å². The van der Waals surface area contributed by atoms with E-state index in [9.17, 15) is 0 Å². The van der Waals surface area contributed by atoms with Gasteiger partial charge in [-0.2, -0.15) is 0 Å². The van der Waals surface area contributed by atoms with E-state index in [1.807, 2.05) is 0 Å². The third-order valence-electron chi connectivity index (χ3n) is 2.92. The maximum atomic E-state index is 3.59. The first kappa shape index (κ1) is 8.06. The van der Waals surface area contributed by atoms with Gasteiger partial charge in [-0.3, -0.25) is 0 Å². The molecule has 0 saturated carbocycles. The molecule has 0 spiro atoms. The van der Waals surface area contributed by atoms with Crippen LogP contribution in [0.3, 0.4) is 0 Å². The summed E-state index contributed by atoms with van der Waals surface area (Å²) in [6.07, 6.45) is 2.61. The van der Waals surface area contributed by atoms with Crippen LogP contribution < -0.4 is 5.32 Å². The van der Waals surface area contributed by atoms with Crippen LogP contribution in [0.25, 0.3) is 0 Å². The number of hydrogen-bond acceptors (Lipinski definition) is 1. The van der Waals surface area contributed by atoms with Crippen LogP contribution in [0.15, 0.2) is 0 Å². The molecule has 1 N–H and O–H groups in total. The van der Waals surface area contributed by atoms with E-state index in [2.05, 4.69) is 33.0 Å². The molecule has 0 aromatic carbocycles. The van der Waals surface area contributed by atoms with Crippen molar-refractivity contribution in [2.24, 2.45) is 5.41 Å².